The van der Waals surface area contributed by atoms with Gasteiger partial charge in [0.25, 0.3) is 0 Å². The van der Waals surface area contributed by atoms with Crippen LogP contribution >= 0.6 is 0 Å². The third kappa shape index (κ3) is 11.1. The summed E-state index contributed by atoms with van der Waals surface area (Å²) in [6.07, 6.45) is 28.6. The monoisotopic (exact) mass is 618 g/mol. The molecule has 9 nitrogen and oxygen atoms in total. The Bertz CT molecular complexity index is 1220. The maximum absolute atomic E-state index is 13.2. The minimum absolute atomic E-state index is 0.0179. The lowest BCUT2D eigenvalue weighted by Crippen LogP contribution is -2.42. The zero-order chi connectivity index (χ0) is 31.9. The summed E-state index contributed by atoms with van der Waals surface area (Å²) in [5.41, 5.74) is 2.13. The molecule has 4 rings (SSSR count). The van der Waals surface area contributed by atoms with Crippen LogP contribution in [0, 0.1) is 11.8 Å². The molecule has 45 heavy (non-hydrogen) atoms. The molecule has 4 aliphatic rings. The quantitative estimate of drug-likeness (QED) is 0.230. The SMILES string of the molecule is O=C(CCC(=O)C1CCCCCCCCC1)NCC(=O)NCC(=O)NCCCCC1NC2c3ccccccc(cc3)C2C1=O. The maximum Gasteiger partial charge on any atom is 0.239 e. The van der Waals surface area contributed by atoms with E-state index in [1.54, 1.807) is 0 Å². The van der Waals surface area contributed by atoms with Gasteiger partial charge in [-0.25, -0.2) is 0 Å². The molecule has 3 atom stereocenters. The van der Waals surface area contributed by atoms with Crippen molar-refractivity contribution in [2.45, 2.75) is 102 Å². The number of hydrogen-bond acceptors (Lipinski definition) is 6. The molecule has 0 aromatic heterocycles. The van der Waals surface area contributed by atoms with E-state index in [1.165, 1.54) is 32.1 Å². The number of carbonyl (C=O) groups is 5. The van der Waals surface area contributed by atoms with Crippen molar-refractivity contribution in [3.63, 3.8) is 0 Å². The van der Waals surface area contributed by atoms with E-state index < -0.39 is 5.91 Å². The fourth-order valence-electron chi connectivity index (χ4n) is 6.67. The number of rotatable bonds is 13. The summed E-state index contributed by atoms with van der Waals surface area (Å²) in [5, 5.41) is 11.4. The summed E-state index contributed by atoms with van der Waals surface area (Å²) in [7, 11) is 0. The Morgan fingerprint density at radius 2 is 1.29 bits per heavy atom. The molecule has 2 fully saturated rings. The summed E-state index contributed by atoms with van der Waals surface area (Å²) in [5.74, 6) is -0.862. The predicted molar refractivity (Wildman–Crippen MR) is 175 cm³/mol. The van der Waals surface area contributed by atoms with Gasteiger partial charge in [-0.1, -0.05) is 93.6 Å². The van der Waals surface area contributed by atoms with Crippen LogP contribution in [0.3, 0.4) is 0 Å². The third-order valence-corrected chi connectivity index (χ3v) is 9.25. The molecule has 1 aliphatic heterocycles. The van der Waals surface area contributed by atoms with Gasteiger partial charge in [0, 0.05) is 31.3 Å². The van der Waals surface area contributed by atoms with E-state index >= 15 is 0 Å². The van der Waals surface area contributed by atoms with Crippen molar-refractivity contribution in [3.05, 3.63) is 59.8 Å². The first kappa shape index (κ1) is 34.3. The average Bonchev–Trinajstić information content (AvgIpc) is 3.39. The second kappa shape index (κ2) is 18.4. The van der Waals surface area contributed by atoms with Crippen LogP contribution < -0.4 is 21.3 Å². The van der Waals surface area contributed by atoms with Crippen LogP contribution in [0.25, 0.3) is 0 Å². The maximum atomic E-state index is 13.2. The van der Waals surface area contributed by atoms with Gasteiger partial charge in [0.1, 0.15) is 5.78 Å². The van der Waals surface area contributed by atoms with Gasteiger partial charge in [0.05, 0.1) is 25.0 Å². The zero-order valence-electron chi connectivity index (χ0n) is 26.5. The van der Waals surface area contributed by atoms with Crippen molar-refractivity contribution in [1.29, 1.82) is 0 Å². The molecule has 3 amide bonds. The number of Topliss-reactive ketones (excluding diaryl/α,β-unsaturated/α-hetero) is 2. The molecular weight excluding hydrogens is 568 g/mol. The van der Waals surface area contributed by atoms with Crippen LogP contribution in [0.15, 0.2) is 59.8 Å². The van der Waals surface area contributed by atoms with Crippen LogP contribution in [-0.4, -0.2) is 61.0 Å². The highest BCUT2D eigenvalue weighted by Crippen LogP contribution is 2.36. The molecular formula is C36H50N4O5. The van der Waals surface area contributed by atoms with Gasteiger partial charge in [-0.3, -0.25) is 29.3 Å². The second-order valence-corrected chi connectivity index (χ2v) is 12.6. The van der Waals surface area contributed by atoms with E-state index in [9.17, 15) is 24.0 Å². The lowest BCUT2D eigenvalue weighted by Gasteiger charge is -2.25. The fourth-order valence-corrected chi connectivity index (χ4v) is 6.67. The Morgan fingerprint density at radius 3 is 2.00 bits per heavy atom. The van der Waals surface area contributed by atoms with Crippen LogP contribution in [0.2, 0.25) is 0 Å². The standard InChI is InChI=1S/C36H50N4O5/c41-30(26-14-8-4-2-1-3-5-9-15-26)21-22-31(42)38-25-33(44)39-24-32(43)37-23-13-12-18-29-36(45)34-27-16-10-6-7-11-17-28(20-19-27)35(34)40-29/h6-7,10-11,16-17,19-20,26,29,34-35,40H,1-5,8-9,12-15,18,21-25H2,(H,37,43)(H,38,42)(H,39,44). The lowest BCUT2D eigenvalue weighted by atomic mass is 9.80. The molecule has 0 aromatic carbocycles. The van der Waals surface area contributed by atoms with Crippen LogP contribution in [-0.2, 0) is 24.0 Å². The second-order valence-electron chi connectivity index (χ2n) is 12.6. The molecule has 0 aromatic rings. The molecule has 3 unspecified atom stereocenters. The average molecular weight is 619 g/mol. The summed E-state index contributed by atoms with van der Waals surface area (Å²) >= 11 is 0. The van der Waals surface area contributed by atoms with Crippen molar-refractivity contribution < 1.29 is 24.0 Å². The smallest absolute Gasteiger partial charge is 0.239 e. The fraction of sp³-hybridized carbons (Fsp3) is 0.583. The molecule has 2 bridgehead atoms. The van der Waals surface area contributed by atoms with E-state index in [1.807, 2.05) is 36.5 Å². The lowest BCUT2D eigenvalue weighted by molar-refractivity contribution is -0.129. The molecule has 0 spiro atoms. The van der Waals surface area contributed by atoms with Crippen molar-refractivity contribution >= 4 is 29.3 Å². The molecule has 1 saturated carbocycles. The Labute approximate surface area is 267 Å². The van der Waals surface area contributed by atoms with E-state index in [4.69, 9.17) is 0 Å². The summed E-state index contributed by atoms with van der Waals surface area (Å²) in [4.78, 5) is 62.4. The van der Waals surface area contributed by atoms with Crippen LogP contribution in [0.1, 0.15) is 89.9 Å². The van der Waals surface area contributed by atoms with Crippen molar-refractivity contribution in [2.75, 3.05) is 19.6 Å². The first-order valence-corrected chi connectivity index (χ1v) is 17.0. The highest BCUT2D eigenvalue weighted by Gasteiger charge is 2.44. The number of amides is 3. The van der Waals surface area contributed by atoms with Gasteiger partial charge in [-0.05, 0) is 43.3 Å². The number of hydrogen-bond donors (Lipinski definition) is 4. The van der Waals surface area contributed by atoms with E-state index in [0.717, 1.165) is 43.3 Å². The first-order chi connectivity index (χ1) is 21.9. The minimum Gasteiger partial charge on any atom is -0.355 e. The molecule has 0 radical (unpaired) electrons. The van der Waals surface area contributed by atoms with Gasteiger partial charge in [0.2, 0.25) is 17.7 Å². The number of ketones is 2. The Kier molecular flexibility index (Phi) is 14.0. The van der Waals surface area contributed by atoms with Crippen LogP contribution in [0.5, 0.6) is 0 Å². The number of allylic oxidation sites excluding steroid dienone is 7. The summed E-state index contributed by atoms with van der Waals surface area (Å²) in [6.45, 7) is 0.0345. The summed E-state index contributed by atoms with van der Waals surface area (Å²) < 4.78 is 0. The van der Waals surface area contributed by atoms with Gasteiger partial charge >= 0.3 is 0 Å². The number of nitrogens with one attached hydrogen (secondary N) is 4. The van der Waals surface area contributed by atoms with Gasteiger partial charge in [-0.2, -0.15) is 0 Å². The van der Waals surface area contributed by atoms with Crippen molar-refractivity contribution in [2.24, 2.45) is 11.8 Å². The first-order valence-electron chi connectivity index (χ1n) is 17.0. The molecule has 9 heteroatoms. The van der Waals surface area contributed by atoms with Crippen LogP contribution in [0.4, 0.5) is 0 Å². The largest absolute Gasteiger partial charge is 0.355 e. The van der Waals surface area contributed by atoms with E-state index in [2.05, 4.69) is 33.4 Å². The molecule has 4 N–H and O–H groups in total. The Morgan fingerprint density at radius 1 is 0.689 bits per heavy atom. The minimum atomic E-state index is -0.456. The van der Waals surface area contributed by atoms with E-state index in [0.29, 0.717) is 19.4 Å². The van der Waals surface area contributed by atoms with Crippen molar-refractivity contribution in [3.8, 4) is 0 Å². The Hall–Kier alpha value is -3.59. The molecule has 244 valence electrons. The molecule has 1 saturated heterocycles. The van der Waals surface area contributed by atoms with Crippen molar-refractivity contribution in [1.82, 2.24) is 21.3 Å². The van der Waals surface area contributed by atoms with Gasteiger partial charge in [-0.15, -0.1) is 0 Å². The topological polar surface area (TPSA) is 133 Å². The predicted octanol–water partition coefficient (Wildman–Crippen LogP) is 4.07. The normalized spacial score (nSPS) is 23.5. The molecule has 1 heterocycles. The third-order valence-electron chi connectivity index (χ3n) is 9.25. The summed E-state index contributed by atoms with van der Waals surface area (Å²) in [6, 6.07) is -0.241. The molecule has 3 aliphatic carbocycles. The zero-order valence-corrected chi connectivity index (χ0v) is 26.5. The van der Waals surface area contributed by atoms with E-state index in [-0.39, 0.29) is 73.2 Å². The van der Waals surface area contributed by atoms with Gasteiger partial charge < -0.3 is 16.0 Å². The number of unbranched alkanes of at least 4 members (excludes halogenated alkanes) is 1. The highest BCUT2D eigenvalue weighted by molar-refractivity contribution is 5.94. The Balaban J connectivity index is 1.05. The highest BCUT2D eigenvalue weighted by atomic mass is 16.2. The van der Waals surface area contributed by atoms with Gasteiger partial charge in [0.15, 0.2) is 5.78 Å². The number of carbonyl (C=O) groups excluding carboxylic acids is 5.